The zero-order chi connectivity index (χ0) is 13.9. The molecule has 0 N–H and O–H groups in total. The van der Waals surface area contributed by atoms with Crippen molar-refractivity contribution in [3.8, 4) is 11.1 Å². The maximum atomic E-state index is 12.3. The van der Waals surface area contributed by atoms with Crippen molar-refractivity contribution < 1.29 is 4.39 Å². The summed E-state index contributed by atoms with van der Waals surface area (Å²) >= 11 is 1.65. The number of thiazole rings is 1. The van der Waals surface area contributed by atoms with Crippen LogP contribution in [0.4, 0.5) is 10.1 Å². The molecule has 2 nitrogen and oxygen atoms in total. The van der Waals surface area contributed by atoms with Gasteiger partial charge in [0.2, 0.25) is 0 Å². The third-order valence-corrected chi connectivity index (χ3v) is 4.20. The molecule has 0 aliphatic carbocycles. The van der Waals surface area contributed by atoms with E-state index in [0.29, 0.717) is 6.54 Å². The summed E-state index contributed by atoms with van der Waals surface area (Å²) in [6.45, 7) is 0.0862. The summed E-state index contributed by atoms with van der Waals surface area (Å²) in [5.74, 6) is 0. The molecule has 0 bridgehead atoms. The van der Waals surface area contributed by atoms with Crippen LogP contribution in [0.25, 0.3) is 21.3 Å². The Hall–Kier alpha value is -1.94. The number of rotatable bonds is 4. The molecule has 2 aromatic carbocycles. The third-order valence-electron chi connectivity index (χ3n) is 3.39. The third kappa shape index (κ3) is 2.51. The smallest absolute Gasteiger partial charge is 0.107 e. The van der Waals surface area contributed by atoms with E-state index in [1.807, 2.05) is 29.6 Å². The summed E-state index contributed by atoms with van der Waals surface area (Å²) in [5.41, 5.74) is 6.23. The van der Waals surface area contributed by atoms with Gasteiger partial charge in [0.1, 0.15) is 6.67 Å². The molecule has 3 aromatic rings. The Morgan fingerprint density at radius 3 is 2.60 bits per heavy atom. The lowest BCUT2D eigenvalue weighted by molar-refractivity contribution is 0.497. The lowest BCUT2D eigenvalue weighted by atomic mass is 10.0. The van der Waals surface area contributed by atoms with E-state index in [2.05, 4.69) is 35.3 Å². The number of aromatic nitrogens is 1. The highest BCUT2D eigenvalue weighted by molar-refractivity contribution is 7.16. The molecule has 0 amide bonds. The molecule has 102 valence electrons. The molecule has 1 heterocycles. The maximum absolute atomic E-state index is 12.3. The summed E-state index contributed by atoms with van der Waals surface area (Å²) in [4.78, 5) is 6.25. The summed E-state index contributed by atoms with van der Waals surface area (Å²) in [6.07, 6.45) is 0. The molecule has 20 heavy (non-hydrogen) atoms. The van der Waals surface area contributed by atoms with Crippen LogP contribution in [0.3, 0.4) is 0 Å². The van der Waals surface area contributed by atoms with Crippen molar-refractivity contribution in [2.45, 2.75) is 0 Å². The van der Waals surface area contributed by atoms with Crippen molar-refractivity contribution in [1.82, 2.24) is 4.98 Å². The molecule has 0 aliphatic rings. The van der Waals surface area contributed by atoms with Crippen molar-refractivity contribution >= 4 is 27.2 Å². The average molecular weight is 286 g/mol. The fourth-order valence-corrected chi connectivity index (χ4v) is 2.86. The maximum Gasteiger partial charge on any atom is 0.107 e. The molecule has 0 aliphatic heterocycles. The quantitative estimate of drug-likeness (QED) is 0.708. The number of alkyl halides is 1. The first-order valence-electron chi connectivity index (χ1n) is 6.49. The minimum Gasteiger partial charge on any atom is -0.372 e. The van der Waals surface area contributed by atoms with E-state index < -0.39 is 0 Å². The number of hydrogen-bond donors (Lipinski definition) is 0. The van der Waals surface area contributed by atoms with Crippen LogP contribution < -0.4 is 4.90 Å². The molecule has 0 atom stereocenters. The molecular weight excluding hydrogens is 271 g/mol. The van der Waals surface area contributed by atoms with Crippen LogP contribution >= 0.6 is 11.3 Å². The second kappa shape index (κ2) is 5.59. The second-order valence-corrected chi connectivity index (χ2v) is 5.58. The van der Waals surface area contributed by atoms with Crippen LogP contribution in [0.5, 0.6) is 0 Å². The Labute approximate surface area is 121 Å². The van der Waals surface area contributed by atoms with Crippen LogP contribution in [-0.4, -0.2) is 25.3 Å². The number of benzene rings is 2. The van der Waals surface area contributed by atoms with E-state index in [1.165, 1.54) is 4.70 Å². The van der Waals surface area contributed by atoms with Crippen molar-refractivity contribution in [2.75, 3.05) is 25.2 Å². The predicted octanol–water partition coefficient (Wildman–Crippen LogP) is 4.37. The number of halogens is 1. The van der Waals surface area contributed by atoms with E-state index in [4.69, 9.17) is 0 Å². The largest absolute Gasteiger partial charge is 0.372 e. The highest BCUT2D eigenvalue weighted by Gasteiger charge is 2.04. The van der Waals surface area contributed by atoms with Gasteiger partial charge in [-0.3, -0.25) is 0 Å². The van der Waals surface area contributed by atoms with Crippen LogP contribution in [-0.2, 0) is 0 Å². The Bertz CT molecular complexity index is 706. The average Bonchev–Trinajstić information content (AvgIpc) is 2.95. The topological polar surface area (TPSA) is 16.1 Å². The normalized spacial score (nSPS) is 10.9. The molecule has 0 saturated heterocycles. The molecule has 0 spiro atoms. The molecule has 3 rings (SSSR count). The molecule has 0 radical (unpaired) electrons. The van der Waals surface area contributed by atoms with Gasteiger partial charge in [0.15, 0.2) is 0 Å². The van der Waals surface area contributed by atoms with E-state index in [9.17, 15) is 4.39 Å². The van der Waals surface area contributed by atoms with E-state index in [0.717, 1.165) is 22.3 Å². The second-order valence-electron chi connectivity index (χ2n) is 4.69. The van der Waals surface area contributed by atoms with Crippen LogP contribution in [0.2, 0.25) is 0 Å². The van der Waals surface area contributed by atoms with Gasteiger partial charge in [-0.25, -0.2) is 9.37 Å². The SMILES string of the molecule is CN(CCF)c1ccc(-c2ccc3scnc3c2)cc1. The van der Waals surface area contributed by atoms with Gasteiger partial charge < -0.3 is 4.90 Å². The van der Waals surface area contributed by atoms with Gasteiger partial charge in [-0.1, -0.05) is 18.2 Å². The number of anilines is 1. The van der Waals surface area contributed by atoms with Gasteiger partial charge in [-0.05, 0) is 35.4 Å². The predicted molar refractivity (Wildman–Crippen MR) is 84.3 cm³/mol. The Balaban J connectivity index is 1.90. The van der Waals surface area contributed by atoms with E-state index >= 15 is 0 Å². The van der Waals surface area contributed by atoms with E-state index in [-0.39, 0.29) is 6.67 Å². The number of nitrogens with zero attached hydrogens (tertiary/aromatic N) is 2. The highest BCUT2D eigenvalue weighted by atomic mass is 32.1. The van der Waals surface area contributed by atoms with Crippen molar-refractivity contribution in [3.05, 3.63) is 48.0 Å². The van der Waals surface area contributed by atoms with Gasteiger partial charge in [-0.15, -0.1) is 11.3 Å². The van der Waals surface area contributed by atoms with Gasteiger partial charge in [0.05, 0.1) is 15.7 Å². The lowest BCUT2D eigenvalue weighted by Gasteiger charge is -2.17. The first kappa shape index (κ1) is 13.1. The summed E-state index contributed by atoms with van der Waals surface area (Å²) in [7, 11) is 1.90. The van der Waals surface area contributed by atoms with Crippen LogP contribution in [0.1, 0.15) is 0 Å². The van der Waals surface area contributed by atoms with Crippen molar-refractivity contribution in [2.24, 2.45) is 0 Å². The molecule has 1 aromatic heterocycles. The molecule has 0 saturated carbocycles. The van der Waals surface area contributed by atoms with Crippen molar-refractivity contribution in [3.63, 3.8) is 0 Å². The summed E-state index contributed by atoms with van der Waals surface area (Å²) < 4.78 is 13.5. The zero-order valence-electron chi connectivity index (χ0n) is 11.2. The van der Waals surface area contributed by atoms with Gasteiger partial charge in [0, 0.05) is 19.3 Å². The standard InChI is InChI=1S/C16H15FN2S/c1-19(9-8-17)14-5-2-12(3-6-14)13-4-7-16-15(10-13)18-11-20-16/h2-7,10-11H,8-9H2,1H3. The minimum atomic E-state index is -0.335. The first-order valence-corrected chi connectivity index (χ1v) is 7.36. The van der Waals surface area contributed by atoms with Crippen LogP contribution in [0, 0.1) is 0 Å². The molecule has 0 unspecified atom stereocenters. The Kier molecular flexibility index (Phi) is 3.65. The fraction of sp³-hybridized carbons (Fsp3) is 0.188. The summed E-state index contributed by atoms with van der Waals surface area (Å²) in [6, 6.07) is 14.5. The lowest BCUT2D eigenvalue weighted by Crippen LogP contribution is -2.19. The molecular formula is C16H15FN2S. The number of hydrogen-bond acceptors (Lipinski definition) is 3. The first-order chi connectivity index (χ1) is 9.78. The summed E-state index contributed by atoms with van der Waals surface area (Å²) in [5, 5.41) is 0. The van der Waals surface area contributed by atoms with Crippen molar-refractivity contribution in [1.29, 1.82) is 0 Å². The van der Waals surface area contributed by atoms with Gasteiger partial charge >= 0.3 is 0 Å². The van der Waals surface area contributed by atoms with E-state index in [1.54, 1.807) is 11.3 Å². The van der Waals surface area contributed by atoms with Crippen LogP contribution in [0.15, 0.2) is 48.0 Å². The zero-order valence-corrected chi connectivity index (χ0v) is 12.0. The number of fused-ring (bicyclic) bond motifs is 1. The van der Waals surface area contributed by atoms with Gasteiger partial charge in [0.25, 0.3) is 0 Å². The Morgan fingerprint density at radius 2 is 1.85 bits per heavy atom. The Morgan fingerprint density at radius 1 is 1.10 bits per heavy atom. The van der Waals surface area contributed by atoms with Gasteiger partial charge in [-0.2, -0.15) is 0 Å². The fourth-order valence-electron chi connectivity index (χ4n) is 2.20. The highest BCUT2D eigenvalue weighted by Crippen LogP contribution is 2.27. The monoisotopic (exact) mass is 286 g/mol. The minimum absolute atomic E-state index is 0.335. The molecule has 4 heteroatoms. The molecule has 0 fully saturated rings.